The van der Waals surface area contributed by atoms with E-state index >= 15 is 0 Å². The van der Waals surface area contributed by atoms with Gasteiger partial charge in [-0.3, -0.25) is 0 Å². The van der Waals surface area contributed by atoms with Gasteiger partial charge in [0.05, 0.1) is 6.04 Å². The third-order valence-corrected chi connectivity index (χ3v) is 5.86. The maximum absolute atomic E-state index is 3.63. The van der Waals surface area contributed by atoms with Crippen LogP contribution in [0.2, 0.25) is 0 Å². The SMILES string of the molecule is CCCc1ccc(C(NCC)c2cc3sccc3s2)cc1. The largest absolute Gasteiger partial charge is 0.306 e. The van der Waals surface area contributed by atoms with Crippen molar-refractivity contribution >= 4 is 32.1 Å². The number of aryl methyl sites for hydroxylation is 1. The second kappa shape index (κ2) is 6.73. The van der Waals surface area contributed by atoms with E-state index in [1.54, 1.807) is 0 Å². The number of hydrogen-bond donors (Lipinski definition) is 1. The predicted molar refractivity (Wildman–Crippen MR) is 95.7 cm³/mol. The molecule has 110 valence electrons. The van der Waals surface area contributed by atoms with Gasteiger partial charge in [0.15, 0.2) is 0 Å². The molecule has 0 aliphatic rings. The maximum Gasteiger partial charge on any atom is 0.0671 e. The van der Waals surface area contributed by atoms with Crippen molar-refractivity contribution in [3.05, 3.63) is 57.8 Å². The van der Waals surface area contributed by atoms with Crippen LogP contribution in [0.25, 0.3) is 9.40 Å². The molecule has 0 radical (unpaired) electrons. The van der Waals surface area contributed by atoms with E-state index in [1.165, 1.54) is 38.2 Å². The minimum atomic E-state index is 0.315. The summed E-state index contributed by atoms with van der Waals surface area (Å²) in [4.78, 5) is 1.42. The van der Waals surface area contributed by atoms with Gasteiger partial charge in [-0.2, -0.15) is 0 Å². The van der Waals surface area contributed by atoms with Gasteiger partial charge in [0.2, 0.25) is 0 Å². The minimum absolute atomic E-state index is 0.315. The quantitative estimate of drug-likeness (QED) is 0.623. The molecular weight excluding hydrogens is 294 g/mol. The Kier molecular flexibility index (Phi) is 4.73. The van der Waals surface area contributed by atoms with Gasteiger partial charge in [-0.05, 0) is 41.6 Å². The molecule has 0 fully saturated rings. The van der Waals surface area contributed by atoms with Gasteiger partial charge < -0.3 is 5.32 Å². The molecule has 0 aliphatic carbocycles. The lowest BCUT2D eigenvalue weighted by Gasteiger charge is -2.17. The van der Waals surface area contributed by atoms with Crippen molar-refractivity contribution in [3.63, 3.8) is 0 Å². The molecule has 0 saturated heterocycles. The van der Waals surface area contributed by atoms with Gasteiger partial charge in [-0.25, -0.2) is 0 Å². The molecule has 2 aromatic heterocycles. The first-order valence-electron chi connectivity index (χ1n) is 7.61. The third kappa shape index (κ3) is 3.20. The molecule has 0 bridgehead atoms. The summed E-state index contributed by atoms with van der Waals surface area (Å²) in [5, 5.41) is 5.81. The Morgan fingerprint density at radius 2 is 1.86 bits per heavy atom. The lowest BCUT2D eigenvalue weighted by atomic mass is 10.0. The highest BCUT2D eigenvalue weighted by Gasteiger charge is 2.16. The number of thiophene rings is 2. The summed E-state index contributed by atoms with van der Waals surface area (Å²) in [6, 6.07) is 14.0. The summed E-state index contributed by atoms with van der Waals surface area (Å²) >= 11 is 3.74. The van der Waals surface area contributed by atoms with E-state index in [-0.39, 0.29) is 0 Å². The first-order valence-corrected chi connectivity index (χ1v) is 9.30. The molecule has 3 rings (SSSR count). The van der Waals surface area contributed by atoms with Gasteiger partial charge in [0.25, 0.3) is 0 Å². The number of benzene rings is 1. The van der Waals surface area contributed by atoms with Crippen LogP contribution in [0.15, 0.2) is 41.8 Å². The third-order valence-electron chi connectivity index (χ3n) is 3.70. The normalized spacial score (nSPS) is 12.9. The van der Waals surface area contributed by atoms with Gasteiger partial charge >= 0.3 is 0 Å². The Morgan fingerprint density at radius 1 is 1.05 bits per heavy atom. The second-order valence-corrected chi connectivity index (χ2v) is 7.34. The molecule has 3 aromatic rings. The number of rotatable bonds is 6. The van der Waals surface area contributed by atoms with Crippen molar-refractivity contribution in [3.8, 4) is 0 Å². The first kappa shape index (κ1) is 14.8. The number of nitrogens with one attached hydrogen (secondary N) is 1. The fraction of sp³-hybridized carbons (Fsp3) is 0.333. The fourth-order valence-electron chi connectivity index (χ4n) is 2.68. The van der Waals surface area contributed by atoms with E-state index < -0.39 is 0 Å². The van der Waals surface area contributed by atoms with Crippen LogP contribution in [0.4, 0.5) is 0 Å². The van der Waals surface area contributed by atoms with Crippen LogP contribution in [0.3, 0.4) is 0 Å². The molecule has 1 N–H and O–H groups in total. The highest BCUT2D eigenvalue weighted by molar-refractivity contribution is 7.27. The highest BCUT2D eigenvalue weighted by atomic mass is 32.1. The zero-order chi connectivity index (χ0) is 14.7. The van der Waals surface area contributed by atoms with Crippen LogP contribution in [0.5, 0.6) is 0 Å². The van der Waals surface area contributed by atoms with Crippen LogP contribution in [-0.4, -0.2) is 6.54 Å². The van der Waals surface area contributed by atoms with Crippen LogP contribution in [0.1, 0.15) is 42.3 Å². The average molecular weight is 316 g/mol. The minimum Gasteiger partial charge on any atom is -0.306 e. The Hall–Kier alpha value is -1.16. The second-order valence-electron chi connectivity index (χ2n) is 5.28. The highest BCUT2D eigenvalue weighted by Crippen LogP contribution is 2.35. The number of fused-ring (bicyclic) bond motifs is 1. The van der Waals surface area contributed by atoms with E-state index in [1.807, 2.05) is 22.7 Å². The molecule has 1 atom stereocenters. The van der Waals surface area contributed by atoms with Gasteiger partial charge in [0.1, 0.15) is 0 Å². The van der Waals surface area contributed by atoms with Crippen molar-refractivity contribution in [2.45, 2.75) is 32.7 Å². The van der Waals surface area contributed by atoms with Crippen LogP contribution >= 0.6 is 22.7 Å². The Morgan fingerprint density at radius 3 is 2.52 bits per heavy atom. The van der Waals surface area contributed by atoms with Gasteiger partial charge in [-0.15, -0.1) is 22.7 Å². The van der Waals surface area contributed by atoms with E-state index in [0.717, 1.165) is 6.54 Å². The molecule has 2 heterocycles. The van der Waals surface area contributed by atoms with E-state index in [2.05, 4.69) is 60.9 Å². The Bertz CT molecular complexity index is 665. The first-order chi connectivity index (χ1) is 10.3. The maximum atomic E-state index is 3.63. The fourth-order valence-corrected chi connectivity index (χ4v) is 4.90. The number of hydrogen-bond acceptors (Lipinski definition) is 3. The van der Waals surface area contributed by atoms with Crippen molar-refractivity contribution < 1.29 is 0 Å². The lowest BCUT2D eigenvalue weighted by molar-refractivity contribution is 0.639. The van der Waals surface area contributed by atoms with Crippen LogP contribution < -0.4 is 5.32 Å². The molecule has 0 saturated carbocycles. The smallest absolute Gasteiger partial charge is 0.0671 e. The predicted octanol–water partition coefficient (Wildman–Crippen LogP) is 5.61. The lowest BCUT2D eigenvalue weighted by Crippen LogP contribution is -2.21. The van der Waals surface area contributed by atoms with Crippen LogP contribution in [0, 0.1) is 0 Å². The molecule has 1 unspecified atom stereocenters. The van der Waals surface area contributed by atoms with Crippen molar-refractivity contribution in [2.24, 2.45) is 0 Å². The topological polar surface area (TPSA) is 12.0 Å². The summed E-state index contributed by atoms with van der Waals surface area (Å²) in [6.45, 7) is 5.38. The van der Waals surface area contributed by atoms with Crippen molar-refractivity contribution in [1.29, 1.82) is 0 Å². The Labute approximate surface area is 134 Å². The van der Waals surface area contributed by atoms with E-state index in [9.17, 15) is 0 Å². The molecule has 0 amide bonds. The van der Waals surface area contributed by atoms with Crippen molar-refractivity contribution in [1.82, 2.24) is 5.32 Å². The average Bonchev–Trinajstić information content (AvgIpc) is 3.07. The molecule has 3 heteroatoms. The summed E-state index contributed by atoms with van der Waals surface area (Å²) in [5.41, 5.74) is 2.80. The zero-order valence-electron chi connectivity index (χ0n) is 12.6. The summed E-state index contributed by atoms with van der Waals surface area (Å²) in [6.07, 6.45) is 2.37. The molecule has 0 spiro atoms. The zero-order valence-corrected chi connectivity index (χ0v) is 14.2. The molecule has 1 nitrogen and oxygen atoms in total. The van der Waals surface area contributed by atoms with Gasteiger partial charge in [-0.1, -0.05) is 44.5 Å². The molecule has 21 heavy (non-hydrogen) atoms. The standard InChI is InChI=1S/C18H21NS2/c1-3-5-13-6-8-14(9-7-13)18(19-4-2)17-12-16-15(21-17)10-11-20-16/h6-12,18-19H,3-5H2,1-2H3. The molecule has 0 aliphatic heterocycles. The van der Waals surface area contributed by atoms with E-state index in [4.69, 9.17) is 0 Å². The molecular formula is C18H21NS2. The monoisotopic (exact) mass is 315 g/mol. The van der Waals surface area contributed by atoms with Gasteiger partial charge in [0, 0.05) is 14.3 Å². The van der Waals surface area contributed by atoms with Crippen LogP contribution in [-0.2, 0) is 6.42 Å². The Balaban J connectivity index is 1.91. The van der Waals surface area contributed by atoms with E-state index in [0.29, 0.717) is 6.04 Å². The summed E-state index contributed by atoms with van der Waals surface area (Å²) in [5.74, 6) is 0. The molecule has 1 aromatic carbocycles. The summed E-state index contributed by atoms with van der Waals surface area (Å²) < 4.78 is 2.81. The van der Waals surface area contributed by atoms with Crippen molar-refractivity contribution in [2.75, 3.05) is 6.54 Å². The summed E-state index contributed by atoms with van der Waals surface area (Å²) in [7, 11) is 0.